The van der Waals surface area contributed by atoms with E-state index in [1.165, 1.54) is 23.1 Å². The molecule has 0 saturated heterocycles. The van der Waals surface area contributed by atoms with Crippen molar-refractivity contribution in [2.45, 2.75) is 0 Å². The van der Waals surface area contributed by atoms with Gasteiger partial charge < -0.3 is 5.32 Å². The van der Waals surface area contributed by atoms with Gasteiger partial charge in [-0.05, 0) is 52.9 Å². The number of amides is 1. The van der Waals surface area contributed by atoms with Crippen LogP contribution in [0.2, 0.25) is 0 Å². The van der Waals surface area contributed by atoms with Crippen LogP contribution in [0.1, 0.15) is 10.4 Å². The third kappa shape index (κ3) is 3.05. The molecule has 4 aromatic rings. The summed E-state index contributed by atoms with van der Waals surface area (Å²) in [4.78, 5) is 12.6. The fourth-order valence-corrected chi connectivity index (χ4v) is 2.48. The smallest absolute Gasteiger partial charge is 0.255 e. The topological polar surface area (TPSA) is 90.5 Å². The first-order chi connectivity index (χ1) is 12.7. The molecule has 128 valence electrons. The molecule has 0 fully saturated rings. The van der Waals surface area contributed by atoms with Crippen LogP contribution in [0, 0.1) is 5.82 Å². The number of hydrogen-bond acceptors (Lipinski definition) is 5. The van der Waals surface area contributed by atoms with Crippen LogP contribution >= 0.6 is 0 Å². The van der Waals surface area contributed by atoms with Crippen molar-refractivity contribution in [2.24, 2.45) is 0 Å². The van der Waals surface area contributed by atoms with Crippen LogP contribution in [0.3, 0.4) is 0 Å². The normalized spacial score (nSPS) is 10.7. The Morgan fingerprint density at radius 3 is 2.77 bits per heavy atom. The highest BCUT2D eigenvalue weighted by Gasteiger charge is 2.13. The highest BCUT2D eigenvalue weighted by molar-refractivity contribution is 6.05. The number of nitrogens with zero attached hydrogens (tertiary/aromatic N) is 6. The summed E-state index contributed by atoms with van der Waals surface area (Å²) in [7, 11) is 0. The van der Waals surface area contributed by atoms with E-state index in [0.29, 0.717) is 22.6 Å². The average Bonchev–Trinajstić information content (AvgIpc) is 3.36. The first-order valence-electron chi connectivity index (χ1n) is 7.65. The average molecular weight is 349 g/mol. The van der Waals surface area contributed by atoms with Crippen molar-refractivity contribution in [1.29, 1.82) is 0 Å². The van der Waals surface area contributed by atoms with E-state index in [1.54, 1.807) is 53.5 Å². The first-order valence-corrected chi connectivity index (χ1v) is 7.65. The summed E-state index contributed by atoms with van der Waals surface area (Å²) in [5.74, 6) is -0.849. The maximum absolute atomic E-state index is 13.7. The maximum atomic E-state index is 13.7. The molecular formula is C17H12FN7O. The quantitative estimate of drug-likeness (QED) is 0.610. The van der Waals surface area contributed by atoms with E-state index >= 15 is 0 Å². The summed E-state index contributed by atoms with van der Waals surface area (Å²) in [6.07, 6.45) is 4.74. The van der Waals surface area contributed by atoms with Gasteiger partial charge in [0.05, 0.1) is 17.1 Å². The van der Waals surface area contributed by atoms with E-state index in [9.17, 15) is 9.18 Å². The molecule has 9 heteroatoms. The summed E-state index contributed by atoms with van der Waals surface area (Å²) in [5, 5.41) is 17.8. The van der Waals surface area contributed by atoms with Crippen LogP contribution in [-0.2, 0) is 0 Å². The second-order valence-corrected chi connectivity index (χ2v) is 5.37. The lowest BCUT2D eigenvalue weighted by atomic mass is 10.1. The van der Waals surface area contributed by atoms with E-state index < -0.39 is 5.82 Å². The molecular weight excluding hydrogens is 337 g/mol. The predicted octanol–water partition coefficient (Wildman–Crippen LogP) is 2.24. The van der Waals surface area contributed by atoms with Gasteiger partial charge in [-0.2, -0.15) is 5.10 Å². The van der Waals surface area contributed by atoms with Crippen molar-refractivity contribution in [3.05, 3.63) is 78.6 Å². The highest BCUT2D eigenvalue weighted by atomic mass is 19.1. The van der Waals surface area contributed by atoms with Gasteiger partial charge in [0.15, 0.2) is 0 Å². The van der Waals surface area contributed by atoms with Crippen LogP contribution in [-0.4, -0.2) is 35.9 Å². The van der Waals surface area contributed by atoms with Gasteiger partial charge in [-0.15, -0.1) is 5.10 Å². The summed E-state index contributed by atoms with van der Waals surface area (Å²) >= 11 is 0. The molecule has 0 aliphatic heterocycles. The Hall–Kier alpha value is -3.88. The minimum atomic E-state index is -0.460. The van der Waals surface area contributed by atoms with E-state index in [1.807, 2.05) is 0 Å². The third-order valence-electron chi connectivity index (χ3n) is 3.68. The number of carbonyl (C=O) groups excluding carboxylic acids is 1. The van der Waals surface area contributed by atoms with Crippen LogP contribution in [0.5, 0.6) is 0 Å². The lowest BCUT2D eigenvalue weighted by Crippen LogP contribution is -2.14. The Balaban J connectivity index is 1.65. The SMILES string of the molecule is O=C(Nc1cc(F)ccc1-n1cccn1)c1cccc(-n2cnnn2)c1. The molecule has 4 rings (SSSR count). The molecule has 0 unspecified atom stereocenters. The molecule has 1 amide bonds. The van der Waals surface area contributed by atoms with E-state index in [2.05, 4.69) is 25.9 Å². The van der Waals surface area contributed by atoms with Crippen molar-refractivity contribution in [1.82, 2.24) is 30.0 Å². The molecule has 0 aliphatic rings. The Morgan fingerprint density at radius 1 is 1.08 bits per heavy atom. The zero-order valence-corrected chi connectivity index (χ0v) is 13.3. The largest absolute Gasteiger partial charge is 0.320 e. The molecule has 0 atom stereocenters. The van der Waals surface area contributed by atoms with E-state index in [-0.39, 0.29) is 5.91 Å². The Morgan fingerprint density at radius 2 is 2.00 bits per heavy atom. The molecule has 8 nitrogen and oxygen atoms in total. The van der Waals surface area contributed by atoms with Crippen molar-refractivity contribution in [3.63, 3.8) is 0 Å². The fraction of sp³-hybridized carbons (Fsp3) is 0. The van der Waals surface area contributed by atoms with Gasteiger partial charge in [0.25, 0.3) is 5.91 Å². The molecule has 0 aliphatic carbocycles. The Bertz CT molecular complexity index is 1040. The van der Waals surface area contributed by atoms with Gasteiger partial charge in [0.1, 0.15) is 12.1 Å². The number of rotatable bonds is 4. The van der Waals surface area contributed by atoms with Gasteiger partial charge >= 0.3 is 0 Å². The number of carbonyl (C=O) groups is 1. The number of tetrazole rings is 1. The van der Waals surface area contributed by atoms with E-state index in [4.69, 9.17) is 0 Å². The number of anilines is 1. The Labute approximate surface area is 146 Å². The Kier molecular flexibility index (Phi) is 3.94. The number of benzene rings is 2. The maximum Gasteiger partial charge on any atom is 0.255 e. The lowest BCUT2D eigenvalue weighted by molar-refractivity contribution is 0.102. The first kappa shape index (κ1) is 15.6. The van der Waals surface area contributed by atoms with Crippen molar-refractivity contribution < 1.29 is 9.18 Å². The summed E-state index contributed by atoms with van der Waals surface area (Å²) in [6.45, 7) is 0. The van der Waals surface area contributed by atoms with Gasteiger partial charge in [-0.3, -0.25) is 4.79 Å². The zero-order valence-electron chi connectivity index (χ0n) is 13.3. The summed E-state index contributed by atoms with van der Waals surface area (Å²) in [6, 6.07) is 12.6. The van der Waals surface area contributed by atoms with Crippen LogP contribution < -0.4 is 5.32 Å². The number of nitrogens with one attached hydrogen (secondary N) is 1. The highest BCUT2D eigenvalue weighted by Crippen LogP contribution is 2.22. The predicted molar refractivity (Wildman–Crippen MR) is 90.6 cm³/mol. The summed E-state index contributed by atoms with van der Waals surface area (Å²) < 4.78 is 16.7. The standard InChI is InChI=1S/C17H12FN7O/c18-13-5-6-16(24-8-2-7-20-24)15(10-13)21-17(26)12-3-1-4-14(9-12)25-11-19-22-23-25/h1-11H,(H,21,26). The third-order valence-corrected chi connectivity index (χ3v) is 3.68. The molecule has 0 bridgehead atoms. The molecule has 0 saturated carbocycles. The molecule has 2 heterocycles. The van der Waals surface area contributed by atoms with Gasteiger partial charge in [0, 0.05) is 18.0 Å². The van der Waals surface area contributed by atoms with Crippen LogP contribution in [0.25, 0.3) is 11.4 Å². The number of halogens is 1. The van der Waals surface area contributed by atoms with Crippen LogP contribution in [0.4, 0.5) is 10.1 Å². The van der Waals surface area contributed by atoms with Crippen LogP contribution in [0.15, 0.2) is 67.3 Å². The van der Waals surface area contributed by atoms with Gasteiger partial charge in [-0.25, -0.2) is 13.8 Å². The molecule has 1 N–H and O–H groups in total. The number of aromatic nitrogens is 6. The lowest BCUT2D eigenvalue weighted by Gasteiger charge is -2.12. The summed E-state index contributed by atoms with van der Waals surface area (Å²) in [5.41, 5.74) is 1.88. The monoisotopic (exact) mass is 349 g/mol. The minimum Gasteiger partial charge on any atom is -0.320 e. The second kappa shape index (κ2) is 6.55. The van der Waals surface area contributed by atoms with Crippen molar-refractivity contribution in [2.75, 3.05) is 5.32 Å². The molecule has 0 spiro atoms. The zero-order chi connectivity index (χ0) is 17.9. The minimum absolute atomic E-state index is 0.312. The van der Waals surface area contributed by atoms with Gasteiger partial charge in [0.2, 0.25) is 0 Å². The molecule has 26 heavy (non-hydrogen) atoms. The molecule has 2 aromatic heterocycles. The fourth-order valence-electron chi connectivity index (χ4n) is 2.48. The van der Waals surface area contributed by atoms with Crippen molar-refractivity contribution >= 4 is 11.6 Å². The van der Waals surface area contributed by atoms with Gasteiger partial charge in [-0.1, -0.05) is 6.07 Å². The molecule has 0 radical (unpaired) electrons. The van der Waals surface area contributed by atoms with Crippen molar-refractivity contribution in [3.8, 4) is 11.4 Å². The van der Waals surface area contributed by atoms with E-state index in [0.717, 1.165) is 0 Å². The molecule has 2 aromatic carbocycles. The number of hydrogen-bond donors (Lipinski definition) is 1. The second-order valence-electron chi connectivity index (χ2n) is 5.37.